The van der Waals surface area contributed by atoms with Gasteiger partial charge in [0.05, 0.1) is 12.1 Å². The Morgan fingerprint density at radius 1 is 1.27 bits per heavy atom. The third kappa shape index (κ3) is 3.77. The zero-order valence-electron chi connectivity index (χ0n) is 12.8. The minimum atomic E-state index is -0.430. The number of carbonyl (C=O) groups is 1. The van der Waals surface area contributed by atoms with Crippen molar-refractivity contribution in [3.05, 3.63) is 35.6 Å². The number of nitrogens with one attached hydrogen (secondary N) is 1. The largest absolute Gasteiger partial charge is 0.391 e. The molecule has 22 heavy (non-hydrogen) atoms. The number of halogens is 1. The highest BCUT2D eigenvalue weighted by Gasteiger charge is 2.35. The first kappa shape index (κ1) is 15.3. The summed E-state index contributed by atoms with van der Waals surface area (Å²) in [6.45, 7) is 0.358. The lowest BCUT2D eigenvalue weighted by Crippen LogP contribution is -2.43. The Morgan fingerprint density at radius 3 is 2.41 bits per heavy atom. The number of benzene rings is 1. The number of likely N-dealkylation sites (N-methyl/N-ethyl adjacent to an activating group) is 1. The standard InChI is InChI=1S/C17H23FN2O2/c1-20(10-15(21)11-2-3-11)17(22)19-16(12-4-5-12)13-6-8-14(18)9-7-13/h6-9,11-12,15-16,21H,2-5,10H2,1H3,(H,19,22)/t15-,16-/m1/s1. The fraction of sp³-hybridized carbons (Fsp3) is 0.588. The maximum Gasteiger partial charge on any atom is 0.317 e. The van der Waals surface area contributed by atoms with Gasteiger partial charge in [-0.3, -0.25) is 0 Å². The summed E-state index contributed by atoms with van der Waals surface area (Å²) in [5.41, 5.74) is 0.938. The summed E-state index contributed by atoms with van der Waals surface area (Å²) in [5, 5.41) is 13.0. The van der Waals surface area contributed by atoms with Gasteiger partial charge in [-0.1, -0.05) is 12.1 Å². The lowest BCUT2D eigenvalue weighted by molar-refractivity contribution is 0.112. The van der Waals surface area contributed by atoms with Crippen molar-refractivity contribution in [2.75, 3.05) is 13.6 Å². The van der Waals surface area contributed by atoms with Crippen LogP contribution in [0.25, 0.3) is 0 Å². The van der Waals surface area contributed by atoms with Gasteiger partial charge in [-0.25, -0.2) is 9.18 Å². The quantitative estimate of drug-likeness (QED) is 0.849. The molecule has 0 unspecified atom stereocenters. The molecule has 2 N–H and O–H groups in total. The molecule has 0 aliphatic heterocycles. The van der Waals surface area contributed by atoms with Gasteiger partial charge >= 0.3 is 6.03 Å². The summed E-state index contributed by atoms with van der Waals surface area (Å²) in [4.78, 5) is 13.9. The first-order valence-electron chi connectivity index (χ1n) is 7.99. The molecule has 2 fully saturated rings. The SMILES string of the molecule is CN(C[C@@H](O)C1CC1)C(=O)N[C@@H](c1ccc(F)cc1)C1CC1. The van der Waals surface area contributed by atoms with E-state index in [1.165, 1.54) is 12.1 Å². The molecule has 0 heterocycles. The first-order chi connectivity index (χ1) is 10.5. The molecule has 1 aromatic rings. The van der Waals surface area contributed by atoms with Gasteiger partial charge in [0.25, 0.3) is 0 Å². The van der Waals surface area contributed by atoms with E-state index in [9.17, 15) is 14.3 Å². The normalized spacial score (nSPS) is 20.3. The van der Waals surface area contributed by atoms with E-state index in [1.807, 2.05) is 0 Å². The molecule has 0 saturated heterocycles. The molecular formula is C17H23FN2O2. The molecule has 0 aromatic heterocycles. The predicted octanol–water partition coefficient (Wildman–Crippen LogP) is 2.69. The first-order valence-corrected chi connectivity index (χ1v) is 7.99. The lowest BCUT2D eigenvalue weighted by Gasteiger charge is -2.25. The average Bonchev–Trinajstić information content (AvgIpc) is 3.38. The number of hydrogen-bond acceptors (Lipinski definition) is 2. The van der Waals surface area contributed by atoms with E-state index in [0.29, 0.717) is 18.4 Å². The molecule has 0 spiro atoms. The Balaban J connectivity index is 1.60. The summed E-state index contributed by atoms with van der Waals surface area (Å²) >= 11 is 0. The number of aliphatic hydroxyl groups is 1. The Labute approximate surface area is 130 Å². The highest BCUT2D eigenvalue weighted by atomic mass is 19.1. The maximum absolute atomic E-state index is 13.1. The molecule has 2 saturated carbocycles. The molecule has 2 atom stereocenters. The van der Waals surface area contributed by atoms with Crippen LogP contribution in [0.1, 0.15) is 37.3 Å². The van der Waals surface area contributed by atoms with Gasteiger partial charge < -0.3 is 15.3 Å². The number of amides is 2. The van der Waals surface area contributed by atoms with Crippen LogP contribution in [0.4, 0.5) is 9.18 Å². The van der Waals surface area contributed by atoms with Gasteiger partial charge in [0.15, 0.2) is 0 Å². The van der Waals surface area contributed by atoms with Crippen molar-refractivity contribution in [1.29, 1.82) is 0 Å². The van der Waals surface area contributed by atoms with Crippen LogP contribution in [0.5, 0.6) is 0 Å². The van der Waals surface area contributed by atoms with Crippen molar-refractivity contribution < 1.29 is 14.3 Å². The number of hydrogen-bond donors (Lipinski definition) is 2. The molecule has 2 amide bonds. The van der Waals surface area contributed by atoms with E-state index in [1.54, 1.807) is 24.1 Å². The molecule has 1 aromatic carbocycles. The summed E-state index contributed by atoms with van der Waals surface area (Å²) in [5.74, 6) is 0.511. The number of aliphatic hydroxyl groups excluding tert-OH is 1. The summed E-state index contributed by atoms with van der Waals surface area (Å²) in [6, 6.07) is 6.07. The monoisotopic (exact) mass is 306 g/mol. The Hall–Kier alpha value is -1.62. The molecule has 4 nitrogen and oxygen atoms in total. The van der Waals surface area contributed by atoms with Gasteiger partial charge in [0.2, 0.25) is 0 Å². The van der Waals surface area contributed by atoms with Crippen molar-refractivity contribution in [2.45, 2.75) is 37.8 Å². The second-order valence-corrected chi connectivity index (χ2v) is 6.60. The molecule has 0 bridgehead atoms. The van der Waals surface area contributed by atoms with E-state index in [0.717, 1.165) is 31.2 Å². The van der Waals surface area contributed by atoms with Gasteiger partial charge in [0.1, 0.15) is 5.82 Å². The van der Waals surface area contributed by atoms with Gasteiger partial charge in [-0.2, -0.15) is 0 Å². The smallest absolute Gasteiger partial charge is 0.317 e. The van der Waals surface area contributed by atoms with Crippen molar-refractivity contribution >= 4 is 6.03 Å². The maximum atomic E-state index is 13.1. The van der Waals surface area contributed by atoms with E-state index in [4.69, 9.17) is 0 Å². The van der Waals surface area contributed by atoms with Crippen LogP contribution in [0.2, 0.25) is 0 Å². The zero-order chi connectivity index (χ0) is 15.7. The number of nitrogens with zero attached hydrogens (tertiary/aromatic N) is 1. The highest BCUT2D eigenvalue weighted by Crippen LogP contribution is 2.41. The molecule has 5 heteroatoms. The van der Waals surface area contributed by atoms with E-state index >= 15 is 0 Å². The van der Waals surface area contributed by atoms with Crippen LogP contribution in [-0.4, -0.2) is 35.7 Å². The van der Waals surface area contributed by atoms with Crippen LogP contribution in [0.3, 0.4) is 0 Å². The van der Waals surface area contributed by atoms with Gasteiger partial charge in [-0.05, 0) is 55.2 Å². The third-order valence-corrected chi connectivity index (χ3v) is 4.58. The molecule has 120 valence electrons. The van der Waals surface area contributed by atoms with Crippen LogP contribution < -0.4 is 5.32 Å². The number of urea groups is 1. The van der Waals surface area contributed by atoms with Crippen LogP contribution >= 0.6 is 0 Å². The summed E-state index contributed by atoms with van der Waals surface area (Å²) in [6.07, 6.45) is 3.84. The molecule has 3 rings (SSSR count). The summed E-state index contributed by atoms with van der Waals surface area (Å²) in [7, 11) is 1.70. The fourth-order valence-electron chi connectivity index (χ4n) is 2.81. The third-order valence-electron chi connectivity index (χ3n) is 4.58. The van der Waals surface area contributed by atoms with Crippen LogP contribution in [-0.2, 0) is 0 Å². The van der Waals surface area contributed by atoms with Crippen molar-refractivity contribution in [1.82, 2.24) is 10.2 Å². The Kier molecular flexibility index (Phi) is 4.34. The zero-order valence-corrected chi connectivity index (χ0v) is 12.8. The lowest BCUT2D eigenvalue weighted by atomic mass is 10.0. The topological polar surface area (TPSA) is 52.6 Å². The second kappa shape index (κ2) is 6.24. The van der Waals surface area contributed by atoms with E-state index in [-0.39, 0.29) is 17.9 Å². The van der Waals surface area contributed by atoms with Crippen LogP contribution in [0.15, 0.2) is 24.3 Å². The molecule has 0 radical (unpaired) electrons. The number of rotatable bonds is 6. The molecular weight excluding hydrogens is 283 g/mol. The molecule has 2 aliphatic carbocycles. The fourth-order valence-corrected chi connectivity index (χ4v) is 2.81. The van der Waals surface area contributed by atoms with Crippen LogP contribution in [0, 0.1) is 17.7 Å². The van der Waals surface area contributed by atoms with E-state index in [2.05, 4.69) is 5.32 Å². The second-order valence-electron chi connectivity index (χ2n) is 6.60. The van der Waals surface area contributed by atoms with Crippen molar-refractivity contribution in [2.24, 2.45) is 11.8 Å². The van der Waals surface area contributed by atoms with Crippen molar-refractivity contribution in [3.63, 3.8) is 0 Å². The Morgan fingerprint density at radius 2 is 1.86 bits per heavy atom. The van der Waals surface area contributed by atoms with Gasteiger partial charge in [-0.15, -0.1) is 0 Å². The number of carbonyl (C=O) groups excluding carboxylic acids is 1. The minimum absolute atomic E-state index is 0.0754. The summed E-state index contributed by atoms with van der Waals surface area (Å²) < 4.78 is 13.1. The molecule has 2 aliphatic rings. The Bertz CT molecular complexity index is 526. The predicted molar refractivity (Wildman–Crippen MR) is 81.8 cm³/mol. The highest BCUT2D eigenvalue weighted by molar-refractivity contribution is 5.74. The minimum Gasteiger partial charge on any atom is -0.391 e. The average molecular weight is 306 g/mol. The van der Waals surface area contributed by atoms with Gasteiger partial charge in [0, 0.05) is 13.6 Å². The van der Waals surface area contributed by atoms with E-state index < -0.39 is 6.10 Å². The van der Waals surface area contributed by atoms with Crippen molar-refractivity contribution in [3.8, 4) is 0 Å².